The first kappa shape index (κ1) is 18.7. The number of urea groups is 1. The number of carbonyl (C=O) groups excluding carboxylic acids is 2. The van der Waals surface area contributed by atoms with Gasteiger partial charge >= 0.3 is 6.03 Å². The molecular formula is C13H23N5O2S2. The van der Waals surface area contributed by atoms with Crippen molar-refractivity contribution in [1.82, 2.24) is 20.8 Å². The Hall–Kier alpha value is -1.35. The van der Waals surface area contributed by atoms with Gasteiger partial charge in [0, 0.05) is 12.1 Å². The lowest BCUT2D eigenvalue weighted by molar-refractivity contribution is -0.117. The molecule has 7 nitrogen and oxygen atoms in total. The third kappa shape index (κ3) is 8.18. The van der Waals surface area contributed by atoms with E-state index in [4.69, 9.17) is 0 Å². The number of hydrogen-bond donors (Lipinski definition) is 3. The number of amides is 3. The summed E-state index contributed by atoms with van der Waals surface area (Å²) in [6, 6.07) is -0.489. The molecule has 3 amide bonds. The Morgan fingerprint density at radius 3 is 2.64 bits per heavy atom. The molecule has 0 radical (unpaired) electrons. The van der Waals surface area contributed by atoms with Crippen molar-refractivity contribution in [3.05, 3.63) is 0 Å². The van der Waals surface area contributed by atoms with Gasteiger partial charge in [0.2, 0.25) is 11.0 Å². The summed E-state index contributed by atoms with van der Waals surface area (Å²) in [6.45, 7) is 8.53. The molecule has 0 bridgehead atoms. The Kier molecular flexibility index (Phi) is 7.60. The van der Waals surface area contributed by atoms with Crippen LogP contribution in [-0.2, 0) is 4.79 Å². The average Bonchev–Trinajstić information content (AvgIpc) is 2.82. The molecule has 1 heterocycles. The van der Waals surface area contributed by atoms with Crippen LogP contribution < -0.4 is 16.0 Å². The molecule has 0 aliphatic heterocycles. The van der Waals surface area contributed by atoms with E-state index in [0.717, 1.165) is 24.5 Å². The van der Waals surface area contributed by atoms with Crippen molar-refractivity contribution in [1.29, 1.82) is 0 Å². The summed E-state index contributed by atoms with van der Waals surface area (Å²) in [5, 5.41) is 16.9. The van der Waals surface area contributed by atoms with Crippen LogP contribution in [0.15, 0.2) is 4.34 Å². The highest BCUT2D eigenvalue weighted by atomic mass is 32.2. The van der Waals surface area contributed by atoms with Crippen molar-refractivity contribution in [3.63, 3.8) is 0 Å². The molecule has 3 N–H and O–H groups in total. The number of hydrogen-bond acceptors (Lipinski definition) is 7. The topological polar surface area (TPSA) is 96.0 Å². The number of unbranched alkanes of at least 4 members (excludes halogenated alkanes) is 1. The standard InChI is InChI=1S/C13H23N5O2S2/c1-5-6-7-14-11-17-18-12(22-11)21-8-9(19)15-10(20)16-13(2,3)4/h5-8H2,1-4H3,(H,14,17)(H2,15,16,19,20). The predicted octanol–water partition coefficient (Wildman–Crippen LogP) is 2.47. The second-order valence-electron chi connectivity index (χ2n) is 5.69. The van der Waals surface area contributed by atoms with Gasteiger partial charge in [-0.15, -0.1) is 10.2 Å². The first-order chi connectivity index (χ1) is 10.3. The lowest BCUT2D eigenvalue weighted by atomic mass is 10.1. The molecular weight excluding hydrogens is 322 g/mol. The third-order valence-electron chi connectivity index (χ3n) is 2.28. The van der Waals surface area contributed by atoms with Crippen molar-refractivity contribution in [2.45, 2.75) is 50.4 Å². The van der Waals surface area contributed by atoms with Crippen LogP contribution >= 0.6 is 23.1 Å². The summed E-state index contributed by atoms with van der Waals surface area (Å²) in [4.78, 5) is 23.2. The van der Waals surface area contributed by atoms with Gasteiger partial charge in [-0.1, -0.05) is 36.4 Å². The zero-order chi connectivity index (χ0) is 16.6. The number of rotatable bonds is 7. The molecule has 22 heavy (non-hydrogen) atoms. The summed E-state index contributed by atoms with van der Waals surface area (Å²) in [7, 11) is 0. The summed E-state index contributed by atoms with van der Waals surface area (Å²) >= 11 is 2.66. The van der Waals surface area contributed by atoms with Gasteiger partial charge in [-0.2, -0.15) is 0 Å². The summed E-state index contributed by atoms with van der Waals surface area (Å²) in [6.07, 6.45) is 2.19. The molecule has 0 atom stereocenters. The van der Waals surface area contributed by atoms with Gasteiger partial charge in [0.05, 0.1) is 5.75 Å². The highest BCUT2D eigenvalue weighted by Gasteiger charge is 2.16. The molecule has 1 aromatic heterocycles. The first-order valence-electron chi connectivity index (χ1n) is 7.12. The Bertz CT molecular complexity index is 499. The van der Waals surface area contributed by atoms with E-state index in [2.05, 4.69) is 33.1 Å². The van der Waals surface area contributed by atoms with E-state index in [9.17, 15) is 9.59 Å². The lowest BCUT2D eigenvalue weighted by Gasteiger charge is -2.20. The normalized spacial score (nSPS) is 11.1. The quantitative estimate of drug-likeness (QED) is 0.519. The molecule has 0 aliphatic rings. The zero-order valence-corrected chi connectivity index (χ0v) is 15.0. The van der Waals surface area contributed by atoms with Gasteiger partial charge in [-0.3, -0.25) is 10.1 Å². The highest BCUT2D eigenvalue weighted by Crippen LogP contribution is 2.25. The fourth-order valence-corrected chi connectivity index (χ4v) is 2.95. The summed E-state index contributed by atoms with van der Waals surface area (Å²) in [5.74, 6) is -0.233. The number of carbonyl (C=O) groups is 2. The molecule has 1 rings (SSSR count). The molecule has 9 heteroatoms. The van der Waals surface area contributed by atoms with Crippen molar-refractivity contribution in [3.8, 4) is 0 Å². The van der Waals surface area contributed by atoms with Gasteiger partial charge < -0.3 is 10.6 Å². The van der Waals surface area contributed by atoms with Crippen LogP contribution in [-0.4, -0.2) is 40.0 Å². The van der Waals surface area contributed by atoms with E-state index in [1.165, 1.54) is 23.1 Å². The van der Waals surface area contributed by atoms with Gasteiger partial charge in [-0.05, 0) is 27.2 Å². The van der Waals surface area contributed by atoms with Gasteiger partial charge in [-0.25, -0.2) is 4.79 Å². The number of aromatic nitrogens is 2. The minimum Gasteiger partial charge on any atom is -0.360 e. The van der Waals surface area contributed by atoms with E-state index in [0.29, 0.717) is 4.34 Å². The van der Waals surface area contributed by atoms with Crippen LogP contribution in [0.25, 0.3) is 0 Å². The predicted molar refractivity (Wildman–Crippen MR) is 90.5 cm³/mol. The monoisotopic (exact) mass is 345 g/mol. The van der Waals surface area contributed by atoms with Gasteiger partial charge in [0.1, 0.15) is 0 Å². The van der Waals surface area contributed by atoms with E-state index in [-0.39, 0.29) is 17.2 Å². The molecule has 0 saturated heterocycles. The van der Waals surface area contributed by atoms with Crippen LogP contribution in [0.5, 0.6) is 0 Å². The molecule has 0 spiro atoms. The lowest BCUT2D eigenvalue weighted by Crippen LogP contribution is -2.48. The maximum atomic E-state index is 11.7. The summed E-state index contributed by atoms with van der Waals surface area (Å²) in [5.41, 5.74) is -0.379. The fourth-order valence-electron chi connectivity index (χ4n) is 1.37. The third-order valence-corrected chi connectivity index (χ3v) is 4.30. The molecule has 124 valence electrons. The Morgan fingerprint density at radius 1 is 1.27 bits per heavy atom. The minimum atomic E-state index is -0.489. The molecule has 1 aromatic rings. The molecule has 0 unspecified atom stereocenters. The zero-order valence-electron chi connectivity index (χ0n) is 13.4. The minimum absolute atomic E-state index is 0.126. The van der Waals surface area contributed by atoms with Crippen LogP contribution in [0.1, 0.15) is 40.5 Å². The van der Waals surface area contributed by atoms with Gasteiger partial charge in [0.25, 0.3) is 0 Å². The molecule has 0 fully saturated rings. The second kappa shape index (κ2) is 8.94. The van der Waals surface area contributed by atoms with Crippen LogP contribution in [0.3, 0.4) is 0 Å². The maximum Gasteiger partial charge on any atom is 0.321 e. The van der Waals surface area contributed by atoms with Crippen LogP contribution in [0.2, 0.25) is 0 Å². The summed E-state index contributed by atoms with van der Waals surface area (Å²) < 4.78 is 0.699. The second-order valence-corrected chi connectivity index (χ2v) is 7.89. The van der Waals surface area contributed by atoms with Crippen LogP contribution in [0, 0.1) is 0 Å². The van der Waals surface area contributed by atoms with Crippen molar-refractivity contribution in [2.75, 3.05) is 17.6 Å². The first-order valence-corrected chi connectivity index (χ1v) is 8.92. The maximum absolute atomic E-state index is 11.7. The van der Waals surface area contributed by atoms with Crippen molar-refractivity contribution in [2.24, 2.45) is 0 Å². The number of nitrogens with one attached hydrogen (secondary N) is 3. The fraction of sp³-hybridized carbons (Fsp3) is 0.692. The SMILES string of the molecule is CCCCNc1nnc(SCC(=O)NC(=O)NC(C)(C)C)s1. The number of nitrogens with zero attached hydrogens (tertiary/aromatic N) is 2. The van der Waals surface area contributed by atoms with Crippen LogP contribution in [0.4, 0.5) is 9.93 Å². The molecule has 0 aliphatic carbocycles. The Balaban J connectivity index is 2.30. The molecule has 0 saturated carbocycles. The van der Waals surface area contributed by atoms with E-state index in [1.54, 1.807) is 0 Å². The van der Waals surface area contributed by atoms with Gasteiger partial charge in [0.15, 0.2) is 4.34 Å². The van der Waals surface area contributed by atoms with E-state index in [1.807, 2.05) is 20.8 Å². The van der Waals surface area contributed by atoms with E-state index < -0.39 is 6.03 Å². The highest BCUT2D eigenvalue weighted by molar-refractivity contribution is 8.01. The number of thioether (sulfide) groups is 1. The Labute approximate surface area is 139 Å². The number of anilines is 1. The van der Waals surface area contributed by atoms with Crippen molar-refractivity contribution < 1.29 is 9.59 Å². The molecule has 0 aromatic carbocycles. The van der Waals surface area contributed by atoms with Crippen molar-refractivity contribution >= 4 is 40.2 Å². The smallest absolute Gasteiger partial charge is 0.321 e. The Morgan fingerprint density at radius 2 is 2.00 bits per heavy atom. The van der Waals surface area contributed by atoms with E-state index >= 15 is 0 Å². The average molecular weight is 345 g/mol. The largest absolute Gasteiger partial charge is 0.360 e. The number of imide groups is 1.